The van der Waals surface area contributed by atoms with Gasteiger partial charge in [-0.1, -0.05) is 11.6 Å². The number of hydrogen-bond donors (Lipinski definition) is 2. The van der Waals surface area contributed by atoms with Gasteiger partial charge in [0.05, 0.1) is 10.7 Å². The Morgan fingerprint density at radius 3 is 2.87 bits per heavy atom. The van der Waals surface area contributed by atoms with E-state index < -0.39 is 0 Å². The molecule has 2 N–H and O–H groups in total. The van der Waals surface area contributed by atoms with Crippen LogP contribution in [0, 0.1) is 6.92 Å². The van der Waals surface area contributed by atoms with Crippen molar-refractivity contribution in [1.82, 2.24) is 20.2 Å². The fraction of sp³-hybridized carbons (Fsp3) is 0.318. The van der Waals surface area contributed by atoms with E-state index in [2.05, 4.69) is 25.5 Å². The number of halogens is 1. The van der Waals surface area contributed by atoms with Crippen molar-refractivity contribution in [2.75, 3.05) is 31.5 Å². The van der Waals surface area contributed by atoms with E-state index in [9.17, 15) is 4.79 Å². The summed E-state index contributed by atoms with van der Waals surface area (Å²) in [4.78, 5) is 23.6. The Labute approximate surface area is 190 Å². The summed E-state index contributed by atoms with van der Waals surface area (Å²) in [6, 6.07) is 8.52. The molecule has 0 spiro atoms. The minimum atomic E-state index is -0.142. The third-order valence-corrected chi connectivity index (χ3v) is 6.11. The molecule has 7 nitrogen and oxygen atoms in total. The van der Waals surface area contributed by atoms with E-state index in [0.29, 0.717) is 34.4 Å². The van der Waals surface area contributed by atoms with Gasteiger partial charge in [-0.15, -0.1) is 11.3 Å². The Balaban J connectivity index is 1.40. The molecule has 4 rings (SSSR count). The van der Waals surface area contributed by atoms with Gasteiger partial charge in [-0.05, 0) is 57.1 Å². The fourth-order valence-electron chi connectivity index (χ4n) is 3.35. The fourth-order valence-corrected chi connectivity index (χ4v) is 4.20. The van der Waals surface area contributed by atoms with Gasteiger partial charge in [0.2, 0.25) is 0 Å². The lowest BCUT2D eigenvalue weighted by Crippen LogP contribution is -2.33. The number of benzene rings is 1. The van der Waals surface area contributed by atoms with Gasteiger partial charge in [-0.2, -0.15) is 0 Å². The van der Waals surface area contributed by atoms with Gasteiger partial charge in [0.25, 0.3) is 5.91 Å². The Bertz CT molecular complexity index is 1050. The maximum absolute atomic E-state index is 12.5. The summed E-state index contributed by atoms with van der Waals surface area (Å²) in [6.07, 6.45) is 4.12. The first-order valence-corrected chi connectivity index (χ1v) is 11.5. The highest BCUT2D eigenvalue weighted by Crippen LogP contribution is 2.31. The average molecular weight is 458 g/mol. The summed E-state index contributed by atoms with van der Waals surface area (Å²) in [5, 5.41) is 9.27. The van der Waals surface area contributed by atoms with Gasteiger partial charge >= 0.3 is 0 Å². The lowest BCUT2D eigenvalue weighted by atomic mass is 10.2. The number of nitrogens with one attached hydrogen (secondary N) is 2. The number of nitrogens with zero attached hydrogens (tertiary/aromatic N) is 3. The molecule has 0 saturated carbocycles. The zero-order valence-corrected chi connectivity index (χ0v) is 18.8. The number of carbonyl (C=O) groups excluding carboxylic acids is 1. The Morgan fingerprint density at radius 1 is 1.26 bits per heavy atom. The molecule has 162 valence electrons. The third kappa shape index (κ3) is 5.94. The molecule has 0 radical (unpaired) electrons. The molecule has 0 aliphatic carbocycles. The van der Waals surface area contributed by atoms with Crippen molar-refractivity contribution in [3.05, 3.63) is 58.2 Å². The summed E-state index contributed by atoms with van der Waals surface area (Å²) in [6.45, 7) is 5.65. The number of rotatable bonds is 8. The van der Waals surface area contributed by atoms with Gasteiger partial charge in [0.15, 0.2) is 5.13 Å². The van der Waals surface area contributed by atoms with Crippen molar-refractivity contribution >= 4 is 39.8 Å². The second kappa shape index (κ2) is 10.1. The van der Waals surface area contributed by atoms with Crippen LogP contribution < -0.4 is 15.4 Å². The number of amides is 1. The number of thiazole rings is 1. The Hall–Kier alpha value is -2.68. The Kier molecular flexibility index (Phi) is 7.01. The first-order chi connectivity index (χ1) is 15.1. The van der Waals surface area contributed by atoms with Crippen molar-refractivity contribution in [1.29, 1.82) is 0 Å². The molecular weight excluding hydrogens is 434 g/mol. The van der Waals surface area contributed by atoms with Gasteiger partial charge in [-0.3, -0.25) is 4.79 Å². The zero-order chi connectivity index (χ0) is 21.6. The monoisotopic (exact) mass is 457 g/mol. The predicted octanol–water partition coefficient (Wildman–Crippen LogP) is 4.86. The first-order valence-electron chi connectivity index (χ1n) is 10.2. The van der Waals surface area contributed by atoms with Crippen molar-refractivity contribution in [3.8, 4) is 11.5 Å². The third-order valence-electron chi connectivity index (χ3n) is 4.92. The van der Waals surface area contributed by atoms with Crippen LogP contribution in [0.2, 0.25) is 5.02 Å². The second-order valence-electron chi connectivity index (χ2n) is 7.35. The van der Waals surface area contributed by atoms with Crippen LogP contribution in [0.4, 0.5) is 10.9 Å². The maximum Gasteiger partial charge on any atom is 0.251 e. The summed E-state index contributed by atoms with van der Waals surface area (Å²) in [7, 11) is 0. The first kappa shape index (κ1) is 21.5. The minimum Gasteiger partial charge on any atom is -0.456 e. The number of ether oxygens (including phenoxy) is 1. The number of aryl methyl sites for hydroxylation is 1. The van der Waals surface area contributed by atoms with Crippen LogP contribution in [-0.4, -0.2) is 47.0 Å². The van der Waals surface area contributed by atoms with Gasteiger partial charge in [0.1, 0.15) is 17.3 Å². The molecule has 1 aromatic carbocycles. The van der Waals surface area contributed by atoms with Crippen LogP contribution >= 0.6 is 22.9 Å². The van der Waals surface area contributed by atoms with E-state index in [4.69, 9.17) is 16.3 Å². The zero-order valence-electron chi connectivity index (χ0n) is 17.2. The summed E-state index contributed by atoms with van der Waals surface area (Å²) in [5.74, 6) is 1.44. The highest BCUT2D eigenvalue weighted by Gasteiger charge is 2.14. The molecule has 0 unspecified atom stereocenters. The molecule has 1 aliphatic rings. The standard InChI is InChI=1S/C22H24ClN5O2S/c1-15-14-31-22(26-15)27-20-13-17(6-7-24-20)30-19-12-16(4-5-18(19)23)21(29)25-8-11-28-9-2-3-10-28/h4-7,12-14H,2-3,8-11H2,1H3,(H,25,29)(H,24,26,27). The number of anilines is 2. The van der Waals surface area contributed by atoms with Crippen LogP contribution in [0.15, 0.2) is 41.9 Å². The van der Waals surface area contributed by atoms with Crippen LogP contribution in [-0.2, 0) is 0 Å². The molecule has 31 heavy (non-hydrogen) atoms. The molecule has 2 aromatic heterocycles. The van der Waals surface area contributed by atoms with Crippen molar-refractivity contribution < 1.29 is 9.53 Å². The molecular formula is C22H24ClN5O2S. The van der Waals surface area contributed by atoms with E-state index in [1.54, 1.807) is 36.5 Å². The van der Waals surface area contributed by atoms with Gasteiger partial charge in [0, 0.05) is 36.3 Å². The normalized spacial score (nSPS) is 13.9. The second-order valence-corrected chi connectivity index (χ2v) is 8.61. The highest BCUT2D eigenvalue weighted by atomic mass is 35.5. The summed E-state index contributed by atoms with van der Waals surface area (Å²) >= 11 is 7.82. The highest BCUT2D eigenvalue weighted by molar-refractivity contribution is 7.13. The van der Waals surface area contributed by atoms with E-state index >= 15 is 0 Å². The quantitative estimate of drug-likeness (QED) is 0.502. The van der Waals surface area contributed by atoms with E-state index in [-0.39, 0.29) is 5.91 Å². The lowest BCUT2D eigenvalue weighted by molar-refractivity contribution is 0.0949. The lowest BCUT2D eigenvalue weighted by Gasteiger charge is -2.15. The average Bonchev–Trinajstić information content (AvgIpc) is 3.41. The SMILES string of the molecule is Cc1csc(Nc2cc(Oc3cc(C(=O)NCCN4CCCC4)ccc3Cl)ccn2)n1. The van der Waals surface area contributed by atoms with Crippen LogP contribution in [0.1, 0.15) is 28.9 Å². The molecule has 0 atom stereocenters. The maximum atomic E-state index is 12.5. The molecule has 1 amide bonds. The number of carbonyl (C=O) groups is 1. The van der Waals surface area contributed by atoms with Crippen LogP contribution in [0.25, 0.3) is 0 Å². The Morgan fingerprint density at radius 2 is 2.10 bits per heavy atom. The van der Waals surface area contributed by atoms with E-state index in [1.165, 1.54) is 24.2 Å². The minimum absolute atomic E-state index is 0.142. The molecule has 1 aliphatic heterocycles. The van der Waals surface area contributed by atoms with E-state index in [0.717, 1.165) is 30.5 Å². The molecule has 1 saturated heterocycles. The van der Waals surface area contributed by atoms with Gasteiger partial charge in [-0.25, -0.2) is 9.97 Å². The number of hydrogen-bond acceptors (Lipinski definition) is 7. The molecule has 0 bridgehead atoms. The topological polar surface area (TPSA) is 79.4 Å². The number of pyridine rings is 1. The van der Waals surface area contributed by atoms with Crippen molar-refractivity contribution in [3.63, 3.8) is 0 Å². The van der Waals surface area contributed by atoms with Crippen LogP contribution in [0.5, 0.6) is 11.5 Å². The molecule has 3 heterocycles. The smallest absolute Gasteiger partial charge is 0.251 e. The molecule has 1 fully saturated rings. The largest absolute Gasteiger partial charge is 0.456 e. The van der Waals surface area contributed by atoms with E-state index in [1.807, 2.05) is 12.3 Å². The molecule has 3 aromatic rings. The molecule has 9 heteroatoms. The number of likely N-dealkylation sites (tertiary alicyclic amines) is 1. The summed E-state index contributed by atoms with van der Waals surface area (Å²) < 4.78 is 5.95. The van der Waals surface area contributed by atoms with Crippen molar-refractivity contribution in [2.24, 2.45) is 0 Å². The van der Waals surface area contributed by atoms with Crippen molar-refractivity contribution in [2.45, 2.75) is 19.8 Å². The predicted molar refractivity (Wildman–Crippen MR) is 124 cm³/mol. The van der Waals surface area contributed by atoms with Gasteiger partial charge < -0.3 is 20.3 Å². The summed E-state index contributed by atoms with van der Waals surface area (Å²) in [5.41, 5.74) is 1.45. The van der Waals surface area contributed by atoms with Crippen LogP contribution in [0.3, 0.4) is 0 Å². The number of aromatic nitrogens is 2.